The highest BCUT2D eigenvalue weighted by molar-refractivity contribution is 5.51. The first kappa shape index (κ1) is 11.7. The van der Waals surface area contributed by atoms with E-state index in [1.54, 1.807) is 18.7 Å². The molecule has 2 aromatic heterocycles. The first-order chi connectivity index (χ1) is 8.35. The van der Waals surface area contributed by atoms with E-state index in [4.69, 9.17) is 4.42 Å². The van der Waals surface area contributed by atoms with E-state index in [-0.39, 0.29) is 6.61 Å². The van der Waals surface area contributed by atoms with Crippen molar-refractivity contribution in [1.29, 1.82) is 0 Å². The quantitative estimate of drug-likeness (QED) is 0.858. The molecule has 0 unspecified atom stereocenters. The second kappa shape index (κ2) is 5.50. The van der Waals surface area contributed by atoms with Crippen LogP contribution in [0.2, 0.25) is 0 Å². The van der Waals surface area contributed by atoms with Crippen LogP contribution in [0.1, 0.15) is 18.2 Å². The molecule has 17 heavy (non-hydrogen) atoms. The Morgan fingerprint density at radius 1 is 1.41 bits per heavy atom. The lowest BCUT2D eigenvalue weighted by Gasteiger charge is -2.23. The van der Waals surface area contributed by atoms with Crippen LogP contribution in [0.15, 0.2) is 41.3 Å². The van der Waals surface area contributed by atoms with Crippen molar-refractivity contribution in [2.24, 2.45) is 0 Å². The van der Waals surface area contributed by atoms with Crippen LogP contribution in [0.5, 0.6) is 0 Å². The van der Waals surface area contributed by atoms with Gasteiger partial charge in [-0.05, 0) is 25.1 Å². The maximum absolute atomic E-state index is 9.31. The molecule has 0 amide bonds. The molecule has 1 N–H and O–H groups in total. The van der Waals surface area contributed by atoms with Crippen LogP contribution in [0, 0.1) is 0 Å². The molecule has 2 aromatic rings. The Kier molecular flexibility index (Phi) is 3.77. The van der Waals surface area contributed by atoms with Gasteiger partial charge >= 0.3 is 0 Å². The van der Waals surface area contributed by atoms with Gasteiger partial charge in [0.2, 0.25) is 0 Å². The van der Waals surface area contributed by atoms with Crippen LogP contribution in [0.4, 0.5) is 5.69 Å². The topological polar surface area (TPSA) is 49.5 Å². The maximum Gasteiger partial charge on any atom is 0.123 e. The highest BCUT2D eigenvalue weighted by Gasteiger charge is 2.11. The van der Waals surface area contributed by atoms with Gasteiger partial charge in [-0.1, -0.05) is 0 Å². The third-order valence-electron chi connectivity index (χ3n) is 2.71. The molecule has 0 aliphatic carbocycles. The van der Waals surface area contributed by atoms with Crippen LogP contribution in [-0.4, -0.2) is 16.6 Å². The number of pyridine rings is 1. The predicted molar refractivity (Wildman–Crippen MR) is 65.6 cm³/mol. The summed E-state index contributed by atoms with van der Waals surface area (Å²) in [6.45, 7) is 3.60. The van der Waals surface area contributed by atoms with Crippen molar-refractivity contribution in [1.82, 2.24) is 4.98 Å². The van der Waals surface area contributed by atoms with E-state index >= 15 is 0 Å². The Labute approximate surface area is 101 Å². The molecule has 0 saturated heterocycles. The van der Waals surface area contributed by atoms with Gasteiger partial charge in [0.25, 0.3) is 0 Å². The molecule has 90 valence electrons. The molecule has 4 heteroatoms. The zero-order valence-corrected chi connectivity index (χ0v) is 9.84. The van der Waals surface area contributed by atoms with Crippen molar-refractivity contribution in [3.8, 4) is 0 Å². The van der Waals surface area contributed by atoms with E-state index in [2.05, 4.69) is 16.8 Å². The first-order valence-corrected chi connectivity index (χ1v) is 5.66. The molecule has 4 nitrogen and oxygen atoms in total. The summed E-state index contributed by atoms with van der Waals surface area (Å²) in [7, 11) is 0. The third kappa shape index (κ3) is 2.65. The predicted octanol–water partition coefficient (Wildman–Crippen LogP) is 2.19. The summed E-state index contributed by atoms with van der Waals surface area (Å²) in [6, 6.07) is 5.65. The minimum Gasteiger partial charge on any atom is -0.467 e. The molecule has 0 spiro atoms. The highest BCUT2D eigenvalue weighted by atomic mass is 16.3. The Morgan fingerprint density at radius 3 is 2.94 bits per heavy atom. The Bertz CT molecular complexity index is 454. The van der Waals surface area contributed by atoms with Gasteiger partial charge in [0, 0.05) is 18.3 Å². The first-order valence-electron chi connectivity index (χ1n) is 5.66. The van der Waals surface area contributed by atoms with Crippen LogP contribution in [0.25, 0.3) is 0 Å². The van der Waals surface area contributed by atoms with Gasteiger partial charge in [0.05, 0.1) is 31.3 Å². The van der Waals surface area contributed by atoms with Gasteiger partial charge in [-0.2, -0.15) is 0 Å². The van der Waals surface area contributed by atoms with E-state index in [0.29, 0.717) is 6.54 Å². The molecule has 0 bridgehead atoms. The van der Waals surface area contributed by atoms with Crippen molar-refractivity contribution in [2.75, 3.05) is 11.4 Å². The molecule has 0 atom stereocenters. The summed E-state index contributed by atoms with van der Waals surface area (Å²) >= 11 is 0. The SMILES string of the molecule is CCN(Cc1ccco1)c1cnccc1CO. The largest absolute Gasteiger partial charge is 0.467 e. The number of hydrogen-bond donors (Lipinski definition) is 1. The van der Waals surface area contributed by atoms with Gasteiger partial charge in [0.1, 0.15) is 5.76 Å². The van der Waals surface area contributed by atoms with Crippen molar-refractivity contribution in [2.45, 2.75) is 20.1 Å². The van der Waals surface area contributed by atoms with Gasteiger partial charge in [-0.3, -0.25) is 4.98 Å². The second-order valence-corrected chi connectivity index (χ2v) is 3.76. The smallest absolute Gasteiger partial charge is 0.123 e. The molecule has 2 rings (SSSR count). The normalized spacial score (nSPS) is 10.5. The number of aromatic nitrogens is 1. The molecule has 0 fully saturated rings. The third-order valence-corrected chi connectivity index (χ3v) is 2.71. The molecular weight excluding hydrogens is 216 g/mol. The summed E-state index contributed by atoms with van der Waals surface area (Å²) in [5, 5.41) is 9.31. The zero-order chi connectivity index (χ0) is 12.1. The molecule has 0 aliphatic heterocycles. The Balaban J connectivity index is 2.22. The standard InChI is InChI=1S/C13H16N2O2/c1-2-15(9-12-4-3-7-17-12)13-8-14-6-5-11(13)10-16/h3-8,16H,2,9-10H2,1H3. The molecule has 0 aliphatic rings. The lowest BCUT2D eigenvalue weighted by atomic mass is 10.2. The van der Waals surface area contributed by atoms with E-state index in [1.165, 1.54) is 0 Å². The summed E-state index contributed by atoms with van der Waals surface area (Å²) in [5.74, 6) is 0.902. The summed E-state index contributed by atoms with van der Waals surface area (Å²) in [4.78, 5) is 6.23. The van der Waals surface area contributed by atoms with Crippen LogP contribution >= 0.6 is 0 Å². The molecule has 0 radical (unpaired) electrons. The number of rotatable bonds is 5. The number of hydrogen-bond acceptors (Lipinski definition) is 4. The number of nitrogens with zero attached hydrogens (tertiary/aromatic N) is 2. The average Bonchev–Trinajstić information content (AvgIpc) is 2.89. The average molecular weight is 232 g/mol. The summed E-state index contributed by atoms with van der Waals surface area (Å²) in [6.07, 6.45) is 5.13. The van der Waals surface area contributed by atoms with Gasteiger partial charge in [-0.15, -0.1) is 0 Å². The fourth-order valence-corrected chi connectivity index (χ4v) is 1.79. The number of aliphatic hydroxyl groups is 1. The van der Waals surface area contributed by atoms with Crippen LogP contribution in [-0.2, 0) is 13.2 Å². The van der Waals surface area contributed by atoms with Gasteiger partial charge < -0.3 is 14.4 Å². The molecule has 2 heterocycles. The van der Waals surface area contributed by atoms with E-state index in [1.807, 2.05) is 18.2 Å². The molecule has 0 saturated carbocycles. The maximum atomic E-state index is 9.31. The monoisotopic (exact) mass is 232 g/mol. The van der Waals surface area contributed by atoms with Crippen molar-refractivity contribution < 1.29 is 9.52 Å². The van der Waals surface area contributed by atoms with Crippen LogP contribution < -0.4 is 4.90 Å². The van der Waals surface area contributed by atoms with Crippen LogP contribution in [0.3, 0.4) is 0 Å². The van der Waals surface area contributed by atoms with E-state index in [0.717, 1.165) is 23.6 Å². The van der Waals surface area contributed by atoms with Crippen molar-refractivity contribution >= 4 is 5.69 Å². The van der Waals surface area contributed by atoms with Gasteiger partial charge in [-0.25, -0.2) is 0 Å². The second-order valence-electron chi connectivity index (χ2n) is 3.76. The fraction of sp³-hybridized carbons (Fsp3) is 0.308. The van der Waals surface area contributed by atoms with Crippen molar-refractivity contribution in [3.63, 3.8) is 0 Å². The van der Waals surface area contributed by atoms with Gasteiger partial charge in [0.15, 0.2) is 0 Å². The molecular formula is C13H16N2O2. The zero-order valence-electron chi connectivity index (χ0n) is 9.84. The minimum atomic E-state index is 0.0203. The van der Waals surface area contributed by atoms with E-state index < -0.39 is 0 Å². The minimum absolute atomic E-state index is 0.0203. The lowest BCUT2D eigenvalue weighted by Crippen LogP contribution is -2.23. The molecule has 0 aromatic carbocycles. The van der Waals surface area contributed by atoms with Crippen molar-refractivity contribution in [3.05, 3.63) is 48.2 Å². The fourth-order valence-electron chi connectivity index (χ4n) is 1.79. The highest BCUT2D eigenvalue weighted by Crippen LogP contribution is 2.21. The van der Waals surface area contributed by atoms with E-state index in [9.17, 15) is 5.11 Å². The Morgan fingerprint density at radius 2 is 2.29 bits per heavy atom. The number of aliphatic hydroxyl groups excluding tert-OH is 1. The summed E-state index contributed by atoms with van der Waals surface area (Å²) < 4.78 is 5.34. The number of furan rings is 1. The summed E-state index contributed by atoms with van der Waals surface area (Å²) in [5.41, 5.74) is 1.84. The number of anilines is 1. The lowest BCUT2D eigenvalue weighted by molar-refractivity contribution is 0.282. The Hall–Kier alpha value is -1.81.